The first-order chi connectivity index (χ1) is 22.2. The van der Waals surface area contributed by atoms with E-state index < -0.39 is 5.60 Å². The van der Waals surface area contributed by atoms with Crippen LogP contribution in [0.3, 0.4) is 0 Å². The molecule has 10 atom stereocenters. The van der Waals surface area contributed by atoms with Crippen LogP contribution in [0.4, 0.5) is 0 Å². The molecule has 5 aliphatic rings. The lowest BCUT2D eigenvalue weighted by Gasteiger charge is -2.70. The summed E-state index contributed by atoms with van der Waals surface area (Å²) in [5.41, 5.74) is 0.268. The van der Waals surface area contributed by atoms with Crippen molar-refractivity contribution in [3.63, 3.8) is 0 Å². The fraction of sp³-hybridized carbons (Fsp3) is 0.977. The average Bonchev–Trinajstić information content (AvgIpc) is 3.63. The number of hydrogen-bond acceptors (Lipinski definition) is 4. The van der Waals surface area contributed by atoms with Crippen molar-refractivity contribution in [2.45, 2.75) is 221 Å². The quantitative estimate of drug-likeness (QED) is 0.141. The van der Waals surface area contributed by atoms with E-state index in [0.717, 1.165) is 43.9 Å². The Kier molecular flexibility index (Phi) is 12.0. The Balaban J connectivity index is 1.12. The minimum atomic E-state index is -0.750. The molecule has 0 aromatic carbocycles. The predicted octanol–water partition coefficient (Wildman–Crippen LogP) is 11.6. The third-order valence-electron chi connectivity index (χ3n) is 16.0. The number of ether oxygens (including phenoxy) is 2. The summed E-state index contributed by atoms with van der Waals surface area (Å²) in [5.74, 6) is 2.76. The number of esters is 1. The van der Waals surface area contributed by atoms with Crippen LogP contribution in [-0.4, -0.2) is 35.0 Å². The number of hydrogen-bond donors (Lipinski definition) is 1. The SMILES string of the molecule is CCCCCCCCCCCCCC(=O)O[C@H]1CC[C@]2(C)[C@H]3CC[C@@H]4[C@@H]([C@@H]5CC[C@@H](C(C)(C)O)O5)CC[C@@]4(C)[C@]3(C)CC[C@H]2C1(C)C. The van der Waals surface area contributed by atoms with Gasteiger partial charge in [0.05, 0.1) is 17.8 Å². The van der Waals surface area contributed by atoms with Gasteiger partial charge in [0.15, 0.2) is 0 Å². The van der Waals surface area contributed by atoms with Crippen molar-refractivity contribution < 1.29 is 19.4 Å². The average molecular weight is 657 g/mol. The van der Waals surface area contributed by atoms with Gasteiger partial charge in [-0.1, -0.05) is 106 Å². The molecular weight excluding hydrogens is 580 g/mol. The first-order valence-electron chi connectivity index (χ1n) is 20.8. The van der Waals surface area contributed by atoms with Gasteiger partial charge in [-0.2, -0.15) is 0 Å². The van der Waals surface area contributed by atoms with E-state index in [1.165, 1.54) is 103 Å². The van der Waals surface area contributed by atoms with Gasteiger partial charge in [0.2, 0.25) is 0 Å². The van der Waals surface area contributed by atoms with Crippen LogP contribution < -0.4 is 0 Å². The Bertz CT molecular complexity index is 1030. The molecule has 0 unspecified atom stereocenters. The zero-order valence-electron chi connectivity index (χ0n) is 32.3. The number of carbonyl (C=O) groups excluding carboxylic acids is 1. The van der Waals surface area contributed by atoms with Crippen LogP contribution >= 0.6 is 0 Å². The molecule has 0 spiro atoms. The molecular formula is C43H76O4. The highest BCUT2D eigenvalue weighted by molar-refractivity contribution is 5.69. The molecule has 4 nitrogen and oxygen atoms in total. The summed E-state index contributed by atoms with van der Waals surface area (Å²) in [5, 5.41) is 10.7. The van der Waals surface area contributed by atoms with E-state index in [0.29, 0.717) is 40.6 Å². The number of carbonyl (C=O) groups is 1. The Labute approximate surface area is 290 Å². The molecule has 1 saturated heterocycles. The van der Waals surface area contributed by atoms with Gasteiger partial charge in [-0.15, -0.1) is 0 Å². The Morgan fingerprint density at radius 2 is 1.34 bits per heavy atom. The summed E-state index contributed by atoms with van der Waals surface area (Å²) in [6.07, 6.45) is 27.5. The Morgan fingerprint density at radius 1 is 0.723 bits per heavy atom. The first kappa shape index (κ1) is 37.6. The summed E-state index contributed by atoms with van der Waals surface area (Å²) in [4.78, 5) is 13.1. The van der Waals surface area contributed by atoms with Gasteiger partial charge in [-0.05, 0) is 124 Å². The van der Waals surface area contributed by atoms with Crippen LogP contribution in [0, 0.1) is 45.3 Å². The van der Waals surface area contributed by atoms with Crippen molar-refractivity contribution in [2.24, 2.45) is 45.3 Å². The van der Waals surface area contributed by atoms with Crippen molar-refractivity contribution in [3.8, 4) is 0 Å². The van der Waals surface area contributed by atoms with Gasteiger partial charge >= 0.3 is 5.97 Å². The number of aliphatic hydroxyl groups is 1. The van der Waals surface area contributed by atoms with Crippen molar-refractivity contribution >= 4 is 5.97 Å². The molecule has 0 bridgehead atoms. The van der Waals surface area contributed by atoms with E-state index in [2.05, 4.69) is 41.5 Å². The monoisotopic (exact) mass is 657 g/mol. The van der Waals surface area contributed by atoms with Crippen LogP contribution in [-0.2, 0) is 14.3 Å². The number of fused-ring (bicyclic) bond motifs is 5. The van der Waals surface area contributed by atoms with Crippen molar-refractivity contribution in [2.75, 3.05) is 0 Å². The van der Waals surface area contributed by atoms with E-state index in [4.69, 9.17) is 9.47 Å². The van der Waals surface area contributed by atoms with Crippen molar-refractivity contribution in [3.05, 3.63) is 0 Å². The molecule has 4 saturated carbocycles. The highest BCUT2D eigenvalue weighted by atomic mass is 16.5. The fourth-order valence-electron chi connectivity index (χ4n) is 13.1. The predicted molar refractivity (Wildman–Crippen MR) is 194 cm³/mol. The van der Waals surface area contributed by atoms with Crippen LogP contribution in [0.15, 0.2) is 0 Å². The van der Waals surface area contributed by atoms with E-state index in [1.807, 2.05) is 13.8 Å². The normalized spacial score (nSPS) is 41.3. The summed E-state index contributed by atoms with van der Waals surface area (Å²) < 4.78 is 13.0. The van der Waals surface area contributed by atoms with Crippen LogP contribution in [0.2, 0.25) is 0 Å². The molecule has 5 rings (SSSR count). The van der Waals surface area contributed by atoms with Gasteiger partial charge in [0, 0.05) is 11.8 Å². The molecule has 47 heavy (non-hydrogen) atoms. The van der Waals surface area contributed by atoms with Crippen LogP contribution in [0.5, 0.6) is 0 Å². The Morgan fingerprint density at radius 3 is 1.96 bits per heavy atom. The van der Waals surface area contributed by atoms with Gasteiger partial charge in [-0.25, -0.2) is 0 Å². The Hall–Kier alpha value is -0.610. The third-order valence-corrected chi connectivity index (χ3v) is 16.0. The second-order valence-electron chi connectivity index (χ2n) is 19.4. The summed E-state index contributed by atoms with van der Waals surface area (Å²) in [6, 6.07) is 0. The van der Waals surface area contributed by atoms with Crippen molar-refractivity contribution in [1.29, 1.82) is 0 Å². The van der Waals surface area contributed by atoms with E-state index in [-0.39, 0.29) is 23.6 Å². The molecule has 0 aromatic heterocycles. The summed E-state index contributed by atoms with van der Waals surface area (Å²) in [7, 11) is 0. The van der Waals surface area contributed by atoms with E-state index in [1.54, 1.807) is 0 Å². The van der Waals surface area contributed by atoms with Gasteiger partial charge in [-0.3, -0.25) is 4.79 Å². The first-order valence-corrected chi connectivity index (χ1v) is 20.8. The van der Waals surface area contributed by atoms with Gasteiger partial charge < -0.3 is 14.6 Å². The zero-order valence-corrected chi connectivity index (χ0v) is 32.3. The summed E-state index contributed by atoms with van der Waals surface area (Å²) in [6.45, 7) is 19.0. The highest BCUT2D eigenvalue weighted by Crippen LogP contribution is 2.75. The van der Waals surface area contributed by atoms with Gasteiger partial charge in [0.25, 0.3) is 0 Å². The second kappa shape index (κ2) is 14.9. The molecule has 4 aliphatic carbocycles. The molecule has 1 heterocycles. The minimum absolute atomic E-state index is 0.0148. The molecule has 1 aliphatic heterocycles. The minimum Gasteiger partial charge on any atom is -0.462 e. The standard InChI is InChI=1S/C43H76O4/c1-9-10-11-12-13-14-15-16-17-18-19-20-38(44)47-36-27-28-41(6)34(39(36,2)3)26-30-43(8)35(41)23-21-32-31(25-29-42(32,43)7)33-22-24-37(46-33)40(4,5)45/h31-37,45H,9-30H2,1-8H3/t31-,32+,33-,34-,35+,36-,37-,41-,42+,43+/m0/s1. The molecule has 0 radical (unpaired) electrons. The maximum absolute atomic E-state index is 13.1. The molecule has 0 aromatic rings. The molecule has 5 fully saturated rings. The lowest BCUT2D eigenvalue weighted by atomic mass is 9.35. The molecule has 1 N–H and O–H groups in total. The topological polar surface area (TPSA) is 55.8 Å². The number of unbranched alkanes of at least 4 members (excludes halogenated alkanes) is 10. The van der Waals surface area contributed by atoms with E-state index in [9.17, 15) is 9.90 Å². The lowest BCUT2D eigenvalue weighted by molar-refractivity contribution is -0.229. The second-order valence-corrected chi connectivity index (χ2v) is 19.4. The van der Waals surface area contributed by atoms with Crippen LogP contribution in [0.25, 0.3) is 0 Å². The molecule has 272 valence electrons. The summed E-state index contributed by atoms with van der Waals surface area (Å²) >= 11 is 0. The highest BCUT2D eigenvalue weighted by Gasteiger charge is 2.69. The third kappa shape index (κ3) is 7.41. The number of rotatable bonds is 15. The van der Waals surface area contributed by atoms with Crippen molar-refractivity contribution in [1.82, 2.24) is 0 Å². The smallest absolute Gasteiger partial charge is 0.306 e. The maximum atomic E-state index is 13.1. The molecule has 0 amide bonds. The van der Waals surface area contributed by atoms with Gasteiger partial charge in [0.1, 0.15) is 6.10 Å². The fourth-order valence-corrected chi connectivity index (χ4v) is 13.1. The largest absolute Gasteiger partial charge is 0.462 e. The molecule has 4 heteroatoms. The van der Waals surface area contributed by atoms with E-state index >= 15 is 0 Å². The van der Waals surface area contributed by atoms with Crippen LogP contribution in [0.1, 0.15) is 197 Å². The zero-order chi connectivity index (χ0) is 34.1. The maximum Gasteiger partial charge on any atom is 0.306 e. The lowest BCUT2D eigenvalue weighted by Crippen LogP contribution is -2.64.